The van der Waals surface area contributed by atoms with Crippen molar-refractivity contribution in [3.05, 3.63) is 22.9 Å². The number of carbonyl (C=O) groups excluding carboxylic acids is 1. The Balaban J connectivity index is 1.95. The number of aromatic nitrogens is 1. The number of rotatable bonds is 3. The van der Waals surface area contributed by atoms with Gasteiger partial charge in [-0.2, -0.15) is 0 Å². The highest BCUT2D eigenvalue weighted by Gasteiger charge is 2.26. The number of carbonyl (C=O) groups is 1. The van der Waals surface area contributed by atoms with Crippen molar-refractivity contribution < 1.29 is 9.53 Å². The first-order chi connectivity index (χ1) is 8.72. The number of anilines is 1. The van der Waals surface area contributed by atoms with Gasteiger partial charge in [0.05, 0.1) is 22.7 Å². The predicted molar refractivity (Wildman–Crippen MR) is 73.5 cm³/mol. The van der Waals surface area contributed by atoms with E-state index in [1.807, 2.05) is 13.0 Å². The molecule has 2 rings (SSSR count). The molecule has 0 atom stereocenters. The van der Waals surface area contributed by atoms with Gasteiger partial charge in [0.2, 0.25) is 0 Å². The molecule has 1 aliphatic heterocycles. The Morgan fingerprint density at radius 1 is 1.56 bits per heavy atom. The van der Waals surface area contributed by atoms with E-state index in [2.05, 4.69) is 25.8 Å². The number of ether oxygens (including phenoxy) is 1. The van der Waals surface area contributed by atoms with Crippen LogP contribution in [0.5, 0.6) is 0 Å². The van der Waals surface area contributed by atoms with Crippen LogP contribution in [0.2, 0.25) is 0 Å². The molecule has 0 spiro atoms. The molecule has 18 heavy (non-hydrogen) atoms. The van der Waals surface area contributed by atoms with Crippen molar-refractivity contribution in [1.29, 1.82) is 0 Å². The summed E-state index contributed by atoms with van der Waals surface area (Å²) >= 11 is 3.50. The van der Waals surface area contributed by atoms with Crippen molar-refractivity contribution in [2.75, 3.05) is 24.6 Å². The van der Waals surface area contributed by atoms with Gasteiger partial charge >= 0.3 is 5.97 Å². The summed E-state index contributed by atoms with van der Waals surface area (Å²) in [5.74, 6) is 0.00718. The number of hydrogen-bond acceptors (Lipinski definition) is 4. The molecule has 0 saturated carbocycles. The Kier molecular flexibility index (Phi) is 4.58. The lowest BCUT2D eigenvalue weighted by Crippen LogP contribution is -2.37. The summed E-state index contributed by atoms with van der Waals surface area (Å²) in [5, 5.41) is 0. The van der Waals surface area contributed by atoms with Gasteiger partial charge in [-0.3, -0.25) is 9.78 Å². The molecule has 1 fully saturated rings. The Bertz CT molecular complexity index is 417. The van der Waals surface area contributed by atoms with Crippen molar-refractivity contribution >= 4 is 27.6 Å². The predicted octanol–water partition coefficient (Wildman–Crippen LogP) is 2.62. The molecule has 98 valence electrons. The van der Waals surface area contributed by atoms with Crippen LogP contribution in [0.1, 0.15) is 19.8 Å². The van der Waals surface area contributed by atoms with E-state index < -0.39 is 0 Å². The van der Waals surface area contributed by atoms with Crippen molar-refractivity contribution in [3.63, 3.8) is 0 Å². The lowest BCUT2D eigenvalue weighted by molar-refractivity contribution is -0.148. The topological polar surface area (TPSA) is 42.4 Å². The second-order valence-corrected chi connectivity index (χ2v) is 5.19. The molecule has 1 aromatic rings. The number of halogens is 1. The largest absolute Gasteiger partial charge is 0.466 e. The zero-order chi connectivity index (χ0) is 13.0. The van der Waals surface area contributed by atoms with Crippen LogP contribution in [-0.4, -0.2) is 30.6 Å². The fourth-order valence-electron chi connectivity index (χ4n) is 2.24. The monoisotopic (exact) mass is 312 g/mol. The van der Waals surface area contributed by atoms with E-state index in [4.69, 9.17) is 4.74 Å². The quantitative estimate of drug-likeness (QED) is 0.805. The molecule has 4 nitrogen and oxygen atoms in total. The first-order valence-corrected chi connectivity index (χ1v) is 7.02. The van der Waals surface area contributed by atoms with Gasteiger partial charge in [0.25, 0.3) is 0 Å². The maximum atomic E-state index is 11.6. The van der Waals surface area contributed by atoms with Gasteiger partial charge in [0.15, 0.2) is 0 Å². The average molecular weight is 313 g/mol. The maximum absolute atomic E-state index is 11.6. The fourth-order valence-corrected chi connectivity index (χ4v) is 2.74. The first-order valence-electron chi connectivity index (χ1n) is 6.23. The van der Waals surface area contributed by atoms with Crippen LogP contribution < -0.4 is 4.90 Å². The fraction of sp³-hybridized carbons (Fsp3) is 0.538. The lowest BCUT2D eigenvalue weighted by Gasteiger charge is -2.33. The van der Waals surface area contributed by atoms with Crippen molar-refractivity contribution in [2.45, 2.75) is 19.8 Å². The van der Waals surface area contributed by atoms with Gasteiger partial charge in [0.1, 0.15) is 0 Å². The summed E-state index contributed by atoms with van der Waals surface area (Å²) in [7, 11) is 0. The van der Waals surface area contributed by atoms with Gasteiger partial charge in [-0.15, -0.1) is 0 Å². The van der Waals surface area contributed by atoms with Gasteiger partial charge < -0.3 is 9.64 Å². The third-order valence-corrected chi connectivity index (χ3v) is 3.82. The van der Waals surface area contributed by atoms with Gasteiger partial charge in [0, 0.05) is 25.5 Å². The molecule has 5 heteroatoms. The van der Waals surface area contributed by atoms with Crippen LogP contribution in [0.25, 0.3) is 0 Å². The molecule has 0 amide bonds. The molecule has 1 saturated heterocycles. The number of esters is 1. The third-order valence-electron chi connectivity index (χ3n) is 3.21. The van der Waals surface area contributed by atoms with E-state index in [0.29, 0.717) is 6.61 Å². The number of pyridine rings is 1. The highest BCUT2D eigenvalue weighted by atomic mass is 79.9. The molecule has 0 bridgehead atoms. The SMILES string of the molecule is CCOC(=O)C1CCN(c2ccncc2Br)CC1. The average Bonchev–Trinajstić information content (AvgIpc) is 2.40. The minimum absolute atomic E-state index is 0.0501. The van der Waals surface area contributed by atoms with Crippen LogP contribution in [0, 0.1) is 5.92 Å². The zero-order valence-electron chi connectivity index (χ0n) is 10.4. The van der Waals surface area contributed by atoms with Crippen molar-refractivity contribution in [1.82, 2.24) is 4.98 Å². The maximum Gasteiger partial charge on any atom is 0.309 e. The van der Waals surface area contributed by atoms with E-state index in [9.17, 15) is 4.79 Å². The molecule has 0 N–H and O–H groups in total. The molecule has 0 unspecified atom stereocenters. The van der Waals surface area contributed by atoms with E-state index in [-0.39, 0.29) is 11.9 Å². The first kappa shape index (κ1) is 13.3. The summed E-state index contributed by atoms with van der Waals surface area (Å²) in [4.78, 5) is 18.0. The van der Waals surface area contributed by atoms with Crippen molar-refractivity contribution in [2.24, 2.45) is 5.92 Å². The Labute approximate surface area is 115 Å². The smallest absolute Gasteiger partial charge is 0.309 e. The second kappa shape index (κ2) is 6.18. The normalized spacial score (nSPS) is 16.7. The van der Waals surface area contributed by atoms with Crippen LogP contribution in [0.15, 0.2) is 22.9 Å². The van der Waals surface area contributed by atoms with Gasteiger partial charge in [-0.05, 0) is 41.8 Å². The van der Waals surface area contributed by atoms with Gasteiger partial charge in [-0.1, -0.05) is 0 Å². The van der Waals surface area contributed by atoms with Crippen LogP contribution in [0.3, 0.4) is 0 Å². The summed E-state index contributed by atoms with van der Waals surface area (Å²) in [6, 6.07) is 1.99. The second-order valence-electron chi connectivity index (χ2n) is 4.34. The summed E-state index contributed by atoms with van der Waals surface area (Å²) < 4.78 is 6.07. The third kappa shape index (κ3) is 3.02. The Hall–Kier alpha value is -1.10. The Morgan fingerprint density at radius 3 is 2.89 bits per heavy atom. The van der Waals surface area contributed by atoms with E-state index in [1.165, 1.54) is 0 Å². The molecule has 0 aromatic carbocycles. The molecule has 0 radical (unpaired) electrons. The Morgan fingerprint density at radius 2 is 2.28 bits per heavy atom. The standard InChI is InChI=1S/C13H17BrN2O2/c1-2-18-13(17)10-4-7-16(8-5-10)12-3-6-15-9-11(12)14/h3,6,9-10H,2,4-5,7-8H2,1H3. The minimum atomic E-state index is -0.0501. The summed E-state index contributed by atoms with van der Waals surface area (Å²) in [5.41, 5.74) is 1.15. The summed E-state index contributed by atoms with van der Waals surface area (Å²) in [6.07, 6.45) is 5.30. The van der Waals surface area contributed by atoms with Crippen LogP contribution in [0.4, 0.5) is 5.69 Å². The van der Waals surface area contributed by atoms with Crippen molar-refractivity contribution in [3.8, 4) is 0 Å². The molecule has 0 aliphatic carbocycles. The van der Waals surface area contributed by atoms with E-state index in [0.717, 1.165) is 36.1 Å². The molecule has 2 heterocycles. The molecule has 1 aromatic heterocycles. The number of hydrogen-bond donors (Lipinski definition) is 0. The number of piperidine rings is 1. The van der Waals surface area contributed by atoms with E-state index in [1.54, 1.807) is 12.4 Å². The summed E-state index contributed by atoms with van der Waals surface area (Å²) in [6.45, 7) is 4.08. The van der Waals surface area contributed by atoms with Crippen LogP contribution in [-0.2, 0) is 9.53 Å². The minimum Gasteiger partial charge on any atom is -0.466 e. The van der Waals surface area contributed by atoms with Crippen LogP contribution >= 0.6 is 15.9 Å². The van der Waals surface area contributed by atoms with Gasteiger partial charge in [-0.25, -0.2) is 0 Å². The lowest BCUT2D eigenvalue weighted by atomic mass is 9.97. The molecular weight excluding hydrogens is 296 g/mol. The highest BCUT2D eigenvalue weighted by Crippen LogP contribution is 2.29. The number of nitrogens with zero attached hydrogens (tertiary/aromatic N) is 2. The zero-order valence-corrected chi connectivity index (χ0v) is 12.0. The highest BCUT2D eigenvalue weighted by molar-refractivity contribution is 9.10. The molecule has 1 aliphatic rings. The van der Waals surface area contributed by atoms with E-state index >= 15 is 0 Å². The molecular formula is C13H17BrN2O2.